The molecule has 5 rings (SSSR count). The van der Waals surface area contributed by atoms with Crippen LogP contribution in [0.15, 0.2) is 48.7 Å². The summed E-state index contributed by atoms with van der Waals surface area (Å²) in [5, 5.41) is 5.56. The molecular weight excluding hydrogens is 382 g/mol. The molecule has 0 spiro atoms. The number of hydrogen-bond acceptors (Lipinski definition) is 3. The number of halogens is 2. The Labute approximate surface area is 173 Å². The van der Waals surface area contributed by atoms with Crippen LogP contribution in [0.1, 0.15) is 18.9 Å². The van der Waals surface area contributed by atoms with E-state index in [1.807, 2.05) is 24.3 Å². The van der Waals surface area contributed by atoms with Gasteiger partial charge < -0.3 is 0 Å². The Balaban J connectivity index is 1.55. The highest BCUT2D eigenvalue weighted by atomic mass is 19.1. The summed E-state index contributed by atoms with van der Waals surface area (Å²) in [6, 6.07) is 10.5. The second kappa shape index (κ2) is 7.29. The van der Waals surface area contributed by atoms with Crippen LogP contribution in [0.5, 0.6) is 0 Å². The summed E-state index contributed by atoms with van der Waals surface area (Å²) in [5.74, 6) is -0.766. The van der Waals surface area contributed by atoms with Gasteiger partial charge in [0, 0.05) is 42.7 Å². The molecule has 30 heavy (non-hydrogen) atoms. The SMILES string of the molecule is CCN1CC=C(c2cc(F)c3nc(-c4cc(F)c5nn(C)cc5c4)ccc3c2)CC1. The molecule has 0 radical (unpaired) electrons. The van der Waals surface area contributed by atoms with Crippen LogP contribution in [0, 0.1) is 11.6 Å². The van der Waals surface area contributed by atoms with E-state index in [1.54, 1.807) is 24.0 Å². The second-order valence-corrected chi connectivity index (χ2v) is 7.80. The molecule has 1 aliphatic rings. The van der Waals surface area contributed by atoms with E-state index in [9.17, 15) is 8.78 Å². The normalized spacial score (nSPS) is 15.1. The number of nitrogens with zero attached hydrogens (tertiary/aromatic N) is 4. The third-order valence-electron chi connectivity index (χ3n) is 5.83. The summed E-state index contributed by atoms with van der Waals surface area (Å²) in [5.41, 5.74) is 3.85. The van der Waals surface area contributed by atoms with Crippen molar-refractivity contribution < 1.29 is 8.78 Å². The summed E-state index contributed by atoms with van der Waals surface area (Å²) < 4.78 is 31.0. The second-order valence-electron chi connectivity index (χ2n) is 7.80. The van der Waals surface area contributed by atoms with Gasteiger partial charge in [0.15, 0.2) is 5.82 Å². The summed E-state index contributed by atoms with van der Waals surface area (Å²) in [7, 11) is 1.75. The first kappa shape index (κ1) is 18.9. The summed E-state index contributed by atoms with van der Waals surface area (Å²) in [6.07, 6.45) is 4.85. The monoisotopic (exact) mass is 404 g/mol. The highest BCUT2D eigenvalue weighted by Gasteiger charge is 2.15. The molecule has 0 saturated carbocycles. The maximum Gasteiger partial charge on any atom is 0.151 e. The van der Waals surface area contributed by atoms with Gasteiger partial charge in [0.05, 0.1) is 5.69 Å². The number of hydrogen-bond donors (Lipinski definition) is 0. The fraction of sp³-hybridized carbons (Fsp3) is 0.250. The molecule has 1 aliphatic heterocycles. The molecule has 0 fully saturated rings. The third-order valence-corrected chi connectivity index (χ3v) is 5.83. The van der Waals surface area contributed by atoms with Gasteiger partial charge in [-0.1, -0.05) is 19.1 Å². The van der Waals surface area contributed by atoms with Gasteiger partial charge in [0.25, 0.3) is 0 Å². The first-order chi connectivity index (χ1) is 14.5. The molecule has 0 saturated heterocycles. The lowest BCUT2D eigenvalue weighted by atomic mass is 9.97. The Hall–Kier alpha value is -3.12. The molecule has 152 valence electrons. The largest absolute Gasteiger partial charge is 0.300 e. The van der Waals surface area contributed by atoms with Gasteiger partial charge in [0.1, 0.15) is 16.9 Å². The molecule has 2 aromatic carbocycles. The van der Waals surface area contributed by atoms with Crippen molar-refractivity contribution >= 4 is 27.4 Å². The first-order valence-corrected chi connectivity index (χ1v) is 10.2. The summed E-state index contributed by atoms with van der Waals surface area (Å²) in [6.45, 7) is 5.05. The van der Waals surface area contributed by atoms with Crippen molar-refractivity contribution in [2.45, 2.75) is 13.3 Å². The molecule has 0 bridgehead atoms. The van der Waals surface area contributed by atoms with Gasteiger partial charge >= 0.3 is 0 Å². The quantitative estimate of drug-likeness (QED) is 0.472. The average Bonchev–Trinajstić information content (AvgIpc) is 3.14. The number of benzene rings is 2. The number of fused-ring (bicyclic) bond motifs is 2. The molecule has 0 amide bonds. The predicted molar refractivity (Wildman–Crippen MR) is 116 cm³/mol. The minimum Gasteiger partial charge on any atom is -0.300 e. The highest BCUT2D eigenvalue weighted by Crippen LogP contribution is 2.30. The zero-order chi connectivity index (χ0) is 20.8. The molecule has 2 aromatic heterocycles. The molecule has 0 aliphatic carbocycles. The lowest BCUT2D eigenvalue weighted by Gasteiger charge is -2.25. The van der Waals surface area contributed by atoms with E-state index in [0.717, 1.165) is 37.0 Å². The standard InChI is InChI=1S/C24H22F2N4/c1-3-30-8-6-15(7-9-30)17-10-16-4-5-22(27-23(16)20(25)12-17)18-11-19-14-29(2)28-24(19)21(26)13-18/h4-6,10-14H,3,7-9H2,1-2H3. The molecule has 0 unspecified atom stereocenters. The molecule has 4 nitrogen and oxygen atoms in total. The van der Waals surface area contributed by atoms with Crippen LogP contribution in [0.4, 0.5) is 8.78 Å². The van der Waals surface area contributed by atoms with Crippen LogP contribution in [-0.2, 0) is 7.05 Å². The van der Waals surface area contributed by atoms with Gasteiger partial charge in [-0.25, -0.2) is 13.8 Å². The van der Waals surface area contributed by atoms with E-state index in [1.165, 1.54) is 11.6 Å². The van der Waals surface area contributed by atoms with E-state index in [4.69, 9.17) is 0 Å². The van der Waals surface area contributed by atoms with Crippen LogP contribution in [-0.4, -0.2) is 39.3 Å². The van der Waals surface area contributed by atoms with Crippen molar-refractivity contribution in [1.29, 1.82) is 0 Å². The Morgan fingerprint density at radius 2 is 1.73 bits per heavy atom. The van der Waals surface area contributed by atoms with Gasteiger partial charge in [-0.3, -0.25) is 9.58 Å². The number of aromatic nitrogens is 3. The Morgan fingerprint density at radius 1 is 0.967 bits per heavy atom. The third kappa shape index (κ3) is 3.27. The van der Waals surface area contributed by atoms with Gasteiger partial charge in [-0.2, -0.15) is 5.10 Å². The Morgan fingerprint density at radius 3 is 2.50 bits per heavy atom. The molecule has 3 heterocycles. The Kier molecular flexibility index (Phi) is 4.59. The van der Waals surface area contributed by atoms with Crippen LogP contribution >= 0.6 is 0 Å². The van der Waals surface area contributed by atoms with Crippen molar-refractivity contribution in [3.8, 4) is 11.3 Å². The summed E-state index contributed by atoms with van der Waals surface area (Å²) >= 11 is 0. The molecule has 0 N–H and O–H groups in total. The van der Waals surface area contributed by atoms with Crippen LogP contribution in [0.2, 0.25) is 0 Å². The maximum atomic E-state index is 15.0. The zero-order valence-electron chi connectivity index (χ0n) is 17.0. The molecule has 6 heteroatoms. The lowest BCUT2D eigenvalue weighted by Crippen LogP contribution is -2.28. The van der Waals surface area contributed by atoms with Crippen molar-refractivity contribution in [2.24, 2.45) is 7.05 Å². The van der Waals surface area contributed by atoms with Gasteiger partial charge in [0.2, 0.25) is 0 Å². The zero-order valence-corrected chi connectivity index (χ0v) is 17.0. The lowest BCUT2D eigenvalue weighted by molar-refractivity contribution is 0.318. The van der Waals surface area contributed by atoms with Gasteiger partial charge in [-0.15, -0.1) is 0 Å². The molecular formula is C24H22F2N4. The van der Waals surface area contributed by atoms with Crippen LogP contribution < -0.4 is 0 Å². The van der Waals surface area contributed by atoms with Crippen LogP contribution in [0.25, 0.3) is 38.6 Å². The molecule has 4 aromatic rings. The van der Waals surface area contributed by atoms with E-state index in [-0.39, 0.29) is 5.82 Å². The van der Waals surface area contributed by atoms with Crippen molar-refractivity contribution in [3.05, 3.63) is 65.9 Å². The fourth-order valence-electron chi connectivity index (χ4n) is 4.16. The van der Waals surface area contributed by atoms with Gasteiger partial charge in [-0.05, 0) is 54.4 Å². The number of pyridine rings is 1. The van der Waals surface area contributed by atoms with E-state index in [0.29, 0.717) is 27.7 Å². The Bertz CT molecular complexity index is 1310. The highest BCUT2D eigenvalue weighted by molar-refractivity contribution is 5.88. The fourth-order valence-corrected chi connectivity index (χ4v) is 4.16. The number of likely N-dealkylation sites (N-methyl/N-ethyl adjacent to an activating group) is 1. The predicted octanol–water partition coefficient (Wildman–Crippen LogP) is 5.18. The van der Waals surface area contributed by atoms with E-state index in [2.05, 4.69) is 28.0 Å². The summed E-state index contributed by atoms with van der Waals surface area (Å²) in [4.78, 5) is 6.87. The van der Waals surface area contributed by atoms with E-state index < -0.39 is 5.82 Å². The minimum atomic E-state index is -0.411. The smallest absolute Gasteiger partial charge is 0.151 e. The van der Waals surface area contributed by atoms with Crippen molar-refractivity contribution in [1.82, 2.24) is 19.7 Å². The average molecular weight is 404 g/mol. The number of aryl methyl sites for hydroxylation is 1. The molecule has 0 atom stereocenters. The minimum absolute atomic E-state index is 0.300. The maximum absolute atomic E-state index is 15.0. The van der Waals surface area contributed by atoms with E-state index >= 15 is 0 Å². The van der Waals surface area contributed by atoms with Crippen LogP contribution in [0.3, 0.4) is 0 Å². The number of rotatable bonds is 3. The topological polar surface area (TPSA) is 34.0 Å². The van der Waals surface area contributed by atoms with Crippen molar-refractivity contribution in [2.75, 3.05) is 19.6 Å². The van der Waals surface area contributed by atoms with Crippen molar-refractivity contribution in [3.63, 3.8) is 0 Å². The first-order valence-electron chi connectivity index (χ1n) is 10.2.